The maximum Gasteiger partial charge on any atom is 0.229 e. The standard InChI is InChI=1S/C11H17NO/c1-4-12(8-7-9(2)3)11(13)10-5-6-10/h4,7,10H,1,5-6,8H2,2-3H3. The highest BCUT2D eigenvalue weighted by molar-refractivity contribution is 5.82. The van der Waals surface area contributed by atoms with Gasteiger partial charge in [0.05, 0.1) is 0 Å². The number of carbonyl (C=O) groups excluding carboxylic acids is 1. The van der Waals surface area contributed by atoms with Crippen LogP contribution in [-0.4, -0.2) is 17.4 Å². The summed E-state index contributed by atoms with van der Waals surface area (Å²) >= 11 is 0. The van der Waals surface area contributed by atoms with Crippen LogP contribution < -0.4 is 0 Å². The molecule has 0 saturated heterocycles. The van der Waals surface area contributed by atoms with Gasteiger partial charge in [0.15, 0.2) is 0 Å². The number of allylic oxidation sites excluding steroid dienone is 1. The summed E-state index contributed by atoms with van der Waals surface area (Å²) < 4.78 is 0. The quantitative estimate of drug-likeness (QED) is 0.606. The van der Waals surface area contributed by atoms with Crippen LogP contribution in [0.3, 0.4) is 0 Å². The predicted octanol–water partition coefficient (Wildman–Crippen LogP) is 2.33. The third kappa shape index (κ3) is 3.05. The van der Waals surface area contributed by atoms with E-state index in [0.29, 0.717) is 6.54 Å². The molecular formula is C11H17NO. The van der Waals surface area contributed by atoms with Gasteiger partial charge < -0.3 is 4.90 Å². The van der Waals surface area contributed by atoms with Gasteiger partial charge in [-0.05, 0) is 32.9 Å². The van der Waals surface area contributed by atoms with Crippen molar-refractivity contribution in [3.63, 3.8) is 0 Å². The average Bonchev–Trinajstić information content (AvgIpc) is 2.86. The van der Waals surface area contributed by atoms with Crippen LogP contribution >= 0.6 is 0 Å². The molecule has 0 atom stereocenters. The Morgan fingerprint density at radius 3 is 2.54 bits per heavy atom. The fraction of sp³-hybridized carbons (Fsp3) is 0.545. The first-order valence-electron chi connectivity index (χ1n) is 4.71. The maximum atomic E-state index is 11.6. The molecule has 1 rings (SSSR count). The highest BCUT2D eigenvalue weighted by atomic mass is 16.2. The van der Waals surface area contributed by atoms with E-state index in [9.17, 15) is 4.79 Å². The van der Waals surface area contributed by atoms with Crippen molar-refractivity contribution in [3.05, 3.63) is 24.4 Å². The summed E-state index contributed by atoms with van der Waals surface area (Å²) in [6, 6.07) is 0. The monoisotopic (exact) mass is 179 g/mol. The van der Waals surface area contributed by atoms with Crippen LogP contribution in [0.1, 0.15) is 26.7 Å². The van der Waals surface area contributed by atoms with Crippen LogP contribution in [0.2, 0.25) is 0 Å². The van der Waals surface area contributed by atoms with Gasteiger partial charge in [-0.3, -0.25) is 4.79 Å². The van der Waals surface area contributed by atoms with E-state index in [1.54, 1.807) is 11.1 Å². The predicted molar refractivity (Wildman–Crippen MR) is 54.1 cm³/mol. The Hall–Kier alpha value is -1.05. The van der Waals surface area contributed by atoms with Crippen LogP contribution in [0.15, 0.2) is 24.4 Å². The normalized spacial score (nSPS) is 14.9. The summed E-state index contributed by atoms with van der Waals surface area (Å²) in [4.78, 5) is 13.3. The topological polar surface area (TPSA) is 20.3 Å². The number of hydrogen-bond acceptors (Lipinski definition) is 1. The molecular weight excluding hydrogens is 162 g/mol. The van der Waals surface area contributed by atoms with Gasteiger partial charge in [0.1, 0.15) is 0 Å². The van der Waals surface area contributed by atoms with Gasteiger partial charge in [0.25, 0.3) is 0 Å². The van der Waals surface area contributed by atoms with Crippen molar-refractivity contribution < 1.29 is 4.79 Å². The minimum absolute atomic E-state index is 0.229. The molecule has 0 aliphatic heterocycles. The van der Waals surface area contributed by atoms with E-state index < -0.39 is 0 Å². The molecule has 2 heteroatoms. The Bertz CT molecular complexity index is 234. The molecule has 1 aliphatic carbocycles. The van der Waals surface area contributed by atoms with Crippen molar-refractivity contribution in [1.29, 1.82) is 0 Å². The molecule has 0 aromatic rings. The Morgan fingerprint density at radius 1 is 1.54 bits per heavy atom. The molecule has 0 heterocycles. The fourth-order valence-corrected chi connectivity index (χ4v) is 1.10. The summed E-state index contributed by atoms with van der Waals surface area (Å²) in [5.74, 6) is 0.510. The van der Waals surface area contributed by atoms with E-state index in [1.807, 2.05) is 19.9 Å². The first-order chi connectivity index (χ1) is 6.15. The number of nitrogens with zero attached hydrogens (tertiary/aromatic N) is 1. The molecule has 0 radical (unpaired) electrons. The Balaban J connectivity index is 2.46. The average molecular weight is 179 g/mol. The molecule has 0 bridgehead atoms. The molecule has 2 nitrogen and oxygen atoms in total. The summed E-state index contributed by atoms with van der Waals surface area (Å²) in [5.41, 5.74) is 1.23. The van der Waals surface area contributed by atoms with Crippen molar-refractivity contribution >= 4 is 5.91 Å². The van der Waals surface area contributed by atoms with Crippen molar-refractivity contribution in [3.8, 4) is 0 Å². The van der Waals surface area contributed by atoms with E-state index in [2.05, 4.69) is 6.58 Å². The molecule has 72 valence electrons. The largest absolute Gasteiger partial charge is 0.316 e. The molecule has 13 heavy (non-hydrogen) atoms. The molecule has 1 amide bonds. The summed E-state index contributed by atoms with van der Waals surface area (Å²) in [7, 11) is 0. The van der Waals surface area contributed by atoms with E-state index in [1.165, 1.54) is 5.57 Å². The molecule has 0 aromatic heterocycles. The minimum atomic E-state index is 0.229. The van der Waals surface area contributed by atoms with E-state index in [-0.39, 0.29) is 11.8 Å². The Morgan fingerprint density at radius 2 is 2.15 bits per heavy atom. The SMILES string of the molecule is C=CN(CC=C(C)C)C(=O)C1CC1. The first kappa shape index (κ1) is 10.0. The van der Waals surface area contributed by atoms with Gasteiger partial charge >= 0.3 is 0 Å². The first-order valence-corrected chi connectivity index (χ1v) is 4.71. The molecule has 1 fully saturated rings. The van der Waals surface area contributed by atoms with E-state index in [4.69, 9.17) is 0 Å². The zero-order valence-corrected chi connectivity index (χ0v) is 8.42. The second-order valence-corrected chi connectivity index (χ2v) is 3.73. The third-order valence-corrected chi connectivity index (χ3v) is 2.13. The lowest BCUT2D eigenvalue weighted by atomic mass is 10.3. The van der Waals surface area contributed by atoms with Gasteiger partial charge in [-0.2, -0.15) is 0 Å². The smallest absolute Gasteiger partial charge is 0.229 e. The highest BCUT2D eigenvalue weighted by Crippen LogP contribution is 2.30. The van der Waals surface area contributed by atoms with Crippen molar-refractivity contribution in [2.45, 2.75) is 26.7 Å². The molecule has 0 spiro atoms. The fourth-order valence-electron chi connectivity index (χ4n) is 1.10. The molecule has 0 unspecified atom stereocenters. The zero-order chi connectivity index (χ0) is 9.84. The zero-order valence-electron chi connectivity index (χ0n) is 8.42. The van der Waals surface area contributed by atoms with Gasteiger partial charge in [0, 0.05) is 12.5 Å². The number of rotatable bonds is 4. The maximum absolute atomic E-state index is 11.6. The lowest BCUT2D eigenvalue weighted by Gasteiger charge is -2.15. The van der Waals surface area contributed by atoms with Gasteiger partial charge in [-0.15, -0.1) is 0 Å². The van der Waals surface area contributed by atoms with Gasteiger partial charge in [0.2, 0.25) is 5.91 Å². The Labute approximate surface area is 79.9 Å². The second kappa shape index (κ2) is 4.26. The van der Waals surface area contributed by atoms with Crippen molar-refractivity contribution in [1.82, 2.24) is 4.90 Å². The van der Waals surface area contributed by atoms with Crippen LogP contribution in [0.5, 0.6) is 0 Å². The van der Waals surface area contributed by atoms with Gasteiger partial charge in [-0.1, -0.05) is 18.2 Å². The van der Waals surface area contributed by atoms with Crippen LogP contribution in [0.4, 0.5) is 0 Å². The summed E-state index contributed by atoms with van der Waals surface area (Å²) in [6.45, 7) is 8.38. The third-order valence-electron chi connectivity index (χ3n) is 2.13. The molecule has 1 aliphatic rings. The van der Waals surface area contributed by atoms with Crippen LogP contribution in [0, 0.1) is 5.92 Å². The van der Waals surface area contributed by atoms with Crippen molar-refractivity contribution in [2.24, 2.45) is 5.92 Å². The highest BCUT2D eigenvalue weighted by Gasteiger charge is 2.32. The summed E-state index contributed by atoms with van der Waals surface area (Å²) in [6.07, 6.45) is 5.78. The van der Waals surface area contributed by atoms with Crippen molar-refractivity contribution in [2.75, 3.05) is 6.54 Å². The lowest BCUT2D eigenvalue weighted by molar-refractivity contribution is -0.129. The van der Waals surface area contributed by atoms with E-state index in [0.717, 1.165) is 12.8 Å². The van der Waals surface area contributed by atoms with Crippen LogP contribution in [0.25, 0.3) is 0 Å². The summed E-state index contributed by atoms with van der Waals surface area (Å²) in [5, 5.41) is 0. The molecule has 0 N–H and O–H groups in total. The number of hydrogen-bond donors (Lipinski definition) is 0. The molecule has 1 saturated carbocycles. The second-order valence-electron chi connectivity index (χ2n) is 3.73. The number of carbonyl (C=O) groups is 1. The van der Waals surface area contributed by atoms with Gasteiger partial charge in [-0.25, -0.2) is 0 Å². The van der Waals surface area contributed by atoms with Crippen LogP contribution in [-0.2, 0) is 4.79 Å². The lowest BCUT2D eigenvalue weighted by Crippen LogP contribution is -2.26. The Kier molecular flexibility index (Phi) is 3.29. The van der Waals surface area contributed by atoms with E-state index >= 15 is 0 Å². The molecule has 0 aromatic carbocycles. The number of amides is 1. The minimum Gasteiger partial charge on any atom is -0.316 e.